The van der Waals surface area contributed by atoms with E-state index in [1.165, 1.54) is 12.2 Å². The van der Waals surface area contributed by atoms with E-state index in [0.717, 1.165) is 29.9 Å². The van der Waals surface area contributed by atoms with Crippen LogP contribution >= 0.6 is 0 Å². The lowest BCUT2D eigenvalue weighted by Gasteiger charge is -2.31. The predicted octanol–water partition coefficient (Wildman–Crippen LogP) is 3.07. The number of nitrogens with zero attached hydrogens (tertiary/aromatic N) is 2. The highest BCUT2D eigenvalue weighted by molar-refractivity contribution is 5.87. The summed E-state index contributed by atoms with van der Waals surface area (Å²) in [7, 11) is 1.84. The molecule has 0 saturated carbocycles. The molecule has 3 heterocycles. The van der Waals surface area contributed by atoms with Crippen LogP contribution in [0.25, 0.3) is 10.9 Å². The number of benzene rings is 1. The summed E-state index contributed by atoms with van der Waals surface area (Å²) < 4.78 is 26.6. The first-order chi connectivity index (χ1) is 14.4. The molecular weight excluding hydrogens is 387 g/mol. The van der Waals surface area contributed by atoms with Crippen LogP contribution in [0.1, 0.15) is 26.7 Å². The van der Waals surface area contributed by atoms with Crippen LogP contribution in [0.3, 0.4) is 0 Å². The molecule has 160 valence electrons. The summed E-state index contributed by atoms with van der Waals surface area (Å²) >= 11 is 0. The van der Waals surface area contributed by atoms with Crippen molar-refractivity contribution in [2.75, 3.05) is 11.9 Å². The van der Waals surface area contributed by atoms with Crippen molar-refractivity contribution >= 4 is 16.6 Å². The second kappa shape index (κ2) is 8.39. The van der Waals surface area contributed by atoms with Crippen LogP contribution in [0.4, 0.5) is 10.1 Å². The zero-order chi connectivity index (χ0) is 21.3. The first-order valence-electron chi connectivity index (χ1n) is 10.1. The Labute approximate surface area is 174 Å². The first kappa shape index (κ1) is 20.3. The molecule has 0 amide bonds. The molecule has 0 spiro atoms. The van der Waals surface area contributed by atoms with E-state index in [0.29, 0.717) is 24.1 Å². The van der Waals surface area contributed by atoms with Gasteiger partial charge < -0.3 is 25.2 Å². The molecule has 2 N–H and O–H groups in total. The molecule has 2 aliphatic rings. The topological polar surface area (TPSA) is 83.4 Å². The van der Waals surface area contributed by atoms with Gasteiger partial charge in [-0.3, -0.25) is 4.68 Å². The fraction of sp³-hybridized carbons (Fsp3) is 0.409. The number of nitrogens with one attached hydrogen (secondary N) is 2. The number of halogens is 1. The summed E-state index contributed by atoms with van der Waals surface area (Å²) in [6.07, 6.45) is 6.22. The standard InChI is InChI=1S/C22H27FN4O3/c1-13-8-15(9-14(2)30-13)12-29-22-18-6-5-17(10-20(18)27(3)26-22)25-21(28)19-7-4-16(23)11-24-19/h4-7,10-11,13-15,24-25,28H,8-9,12H2,1-3H3/p-1/b21-19-. The van der Waals surface area contributed by atoms with Crippen molar-refractivity contribution in [2.24, 2.45) is 13.0 Å². The average Bonchev–Trinajstić information content (AvgIpc) is 3.01. The summed E-state index contributed by atoms with van der Waals surface area (Å²) in [6.45, 7) is 4.79. The summed E-state index contributed by atoms with van der Waals surface area (Å²) in [5, 5.41) is 23.2. The molecule has 1 aromatic heterocycles. The minimum Gasteiger partial charge on any atom is -0.859 e. The lowest BCUT2D eigenvalue weighted by molar-refractivity contribution is -0.301. The molecule has 30 heavy (non-hydrogen) atoms. The number of hydrogen-bond donors (Lipinski definition) is 2. The van der Waals surface area contributed by atoms with Crippen LogP contribution < -0.4 is 20.5 Å². The quantitative estimate of drug-likeness (QED) is 0.733. The average molecular weight is 413 g/mol. The maximum Gasteiger partial charge on any atom is 0.240 e. The number of allylic oxidation sites excluding steroid dienone is 3. The SMILES string of the molecule is CC1CC(COc2nn(C)c3cc(N/C([O-])=C4\C=CC(F)=CN4)ccc23)CC(C)O1. The third-order valence-corrected chi connectivity index (χ3v) is 5.35. The molecule has 0 radical (unpaired) electrons. The summed E-state index contributed by atoms with van der Waals surface area (Å²) in [4.78, 5) is 0. The van der Waals surface area contributed by atoms with Gasteiger partial charge in [-0.1, -0.05) is 0 Å². The highest BCUT2D eigenvalue weighted by Crippen LogP contribution is 2.30. The number of rotatable bonds is 5. The lowest BCUT2D eigenvalue weighted by atomic mass is 9.93. The van der Waals surface area contributed by atoms with Gasteiger partial charge in [-0.2, -0.15) is 0 Å². The number of aromatic nitrogens is 2. The van der Waals surface area contributed by atoms with Crippen LogP contribution in [0, 0.1) is 5.92 Å². The predicted molar refractivity (Wildman–Crippen MR) is 111 cm³/mol. The Bertz CT molecular complexity index is 1020. The molecule has 2 aromatic rings. The van der Waals surface area contributed by atoms with Gasteiger partial charge in [0.15, 0.2) is 0 Å². The fourth-order valence-electron chi connectivity index (χ4n) is 4.03. The molecular formula is C22H26FN4O3-. The monoisotopic (exact) mass is 413 g/mol. The number of aryl methyl sites for hydroxylation is 1. The Morgan fingerprint density at radius 1 is 1.33 bits per heavy atom. The van der Waals surface area contributed by atoms with E-state index in [2.05, 4.69) is 29.6 Å². The molecule has 1 fully saturated rings. The van der Waals surface area contributed by atoms with Crippen molar-refractivity contribution in [1.29, 1.82) is 0 Å². The third-order valence-electron chi connectivity index (χ3n) is 5.35. The van der Waals surface area contributed by atoms with Crippen molar-refractivity contribution in [3.63, 3.8) is 0 Å². The van der Waals surface area contributed by atoms with Crippen LogP contribution in [-0.2, 0) is 11.8 Å². The molecule has 2 atom stereocenters. The summed E-state index contributed by atoms with van der Waals surface area (Å²) in [5.74, 6) is 0.242. The zero-order valence-corrected chi connectivity index (χ0v) is 17.3. The maximum absolute atomic E-state index is 13.0. The first-order valence-corrected chi connectivity index (χ1v) is 10.1. The maximum atomic E-state index is 13.0. The molecule has 4 rings (SSSR count). The van der Waals surface area contributed by atoms with Gasteiger partial charge in [0.1, 0.15) is 5.83 Å². The Balaban J connectivity index is 1.47. The highest BCUT2D eigenvalue weighted by atomic mass is 19.1. The second-order valence-corrected chi connectivity index (χ2v) is 7.94. The normalized spacial score (nSPS) is 25.6. The van der Waals surface area contributed by atoms with Gasteiger partial charge in [0, 0.05) is 24.6 Å². The van der Waals surface area contributed by atoms with Crippen LogP contribution in [-0.4, -0.2) is 28.6 Å². The van der Waals surface area contributed by atoms with E-state index in [9.17, 15) is 9.50 Å². The number of anilines is 1. The number of hydrogen-bond acceptors (Lipinski definition) is 6. The molecule has 0 bridgehead atoms. The Morgan fingerprint density at radius 3 is 2.80 bits per heavy atom. The van der Waals surface area contributed by atoms with E-state index in [1.54, 1.807) is 10.7 Å². The van der Waals surface area contributed by atoms with E-state index in [1.807, 2.05) is 19.2 Å². The smallest absolute Gasteiger partial charge is 0.240 e. The Kier molecular flexibility index (Phi) is 5.67. The van der Waals surface area contributed by atoms with E-state index < -0.39 is 5.83 Å². The number of ether oxygens (including phenoxy) is 2. The van der Waals surface area contributed by atoms with E-state index in [-0.39, 0.29) is 23.8 Å². The number of dihydropyridines is 1. The molecule has 1 saturated heterocycles. The van der Waals surface area contributed by atoms with Crippen molar-refractivity contribution in [1.82, 2.24) is 15.1 Å². The van der Waals surface area contributed by atoms with Crippen molar-refractivity contribution in [3.8, 4) is 5.88 Å². The minimum atomic E-state index is -0.431. The Hall–Kier alpha value is -3.00. The van der Waals surface area contributed by atoms with E-state index in [4.69, 9.17) is 9.47 Å². The summed E-state index contributed by atoms with van der Waals surface area (Å²) in [6, 6.07) is 5.53. The summed E-state index contributed by atoms with van der Waals surface area (Å²) in [5.41, 5.74) is 1.73. The second-order valence-electron chi connectivity index (χ2n) is 7.94. The van der Waals surface area contributed by atoms with Crippen molar-refractivity contribution in [2.45, 2.75) is 38.9 Å². The van der Waals surface area contributed by atoms with Gasteiger partial charge in [0.25, 0.3) is 0 Å². The fourth-order valence-corrected chi connectivity index (χ4v) is 4.03. The van der Waals surface area contributed by atoms with Gasteiger partial charge in [0.2, 0.25) is 5.88 Å². The van der Waals surface area contributed by atoms with Crippen LogP contribution in [0.5, 0.6) is 5.88 Å². The molecule has 2 aliphatic heterocycles. The lowest BCUT2D eigenvalue weighted by Crippen LogP contribution is -2.32. The third kappa shape index (κ3) is 4.43. The largest absolute Gasteiger partial charge is 0.859 e. The van der Waals surface area contributed by atoms with Crippen LogP contribution in [0.15, 0.2) is 54.0 Å². The van der Waals surface area contributed by atoms with Gasteiger partial charge >= 0.3 is 0 Å². The molecule has 8 heteroatoms. The molecule has 1 aromatic carbocycles. The zero-order valence-electron chi connectivity index (χ0n) is 17.3. The minimum absolute atomic E-state index is 0.243. The Morgan fingerprint density at radius 2 is 2.10 bits per heavy atom. The van der Waals surface area contributed by atoms with Gasteiger partial charge in [-0.15, -0.1) is 5.10 Å². The molecule has 0 aliphatic carbocycles. The highest BCUT2D eigenvalue weighted by Gasteiger charge is 2.25. The van der Waals surface area contributed by atoms with Gasteiger partial charge in [-0.05, 0) is 68.8 Å². The van der Waals surface area contributed by atoms with E-state index >= 15 is 0 Å². The van der Waals surface area contributed by atoms with Gasteiger partial charge in [0.05, 0.1) is 29.7 Å². The van der Waals surface area contributed by atoms with Crippen molar-refractivity contribution < 1.29 is 19.0 Å². The number of fused-ring (bicyclic) bond motifs is 1. The van der Waals surface area contributed by atoms with Gasteiger partial charge in [-0.25, -0.2) is 4.39 Å². The van der Waals surface area contributed by atoms with Crippen LogP contribution in [0.2, 0.25) is 0 Å². The van der Waals surface area contributed by atoms with Crippen molar-refractivity contribution in [3.05, 3.63) is 54.0 Å². The molecule has 7 nitrogen and oxygen atoms in total. The molecule has 2 unspecified atom stereocenters.